The number of nitrogens with one attached hydrogen (secondary N) is 1. The van der Waals surface area contributed by atoms with E-state index in [1.54, 1.807) is 34.9 Å². The molecule has 0 unspecified atom stereocenters. The number of carbonyl (C=O) groups is 2. The molecule has 4 rings (SSSR count). The van der Waals surface area contributed by atoms with Crippen LogP contribution in [0.4, 0.5) is 0 Å². The molecule has 0 spiro atoms. The summed E-state index contributed by atoms with van der Waals surface area (Å²) in [4.78, 5) is 43.4. The molecule has 1 aliphatic heterocycles. The van der Waals surface area contributed by atoms with Gasteiger partial charge in [0.25, 0.3) is 11.5 Å². The van der Waals surface area contributed by atoms with Gasteiger partial charge >= 0.3 is 0 Å². The van der Waals surface area contributed by atoms with Crippen LogP contribution in [-0.2, 0) is 11.3 Å². The molecule has 184 valence electrons. The first-order chi connectivity index (χ1) is 17.1. The number of hydrogen-bond acceptors (Lipinski definition) is 6. The Kier molecular flexibility index (Phi) is 8.71. The normalized spacial score (nSPS) is 15.4. The van der Waals surface area contributed by atoms with Crippen molar-refractivity contribution in [2.45, 2.75) is 56.8 Å². The SMILES string of the molecule is CCCCCn1c(SCC(=O)c2ccccc2)nc2cc(C(=O)NC[C@@H]3CCCO3)ccc2c1=O. The number of ether oxygens (including phenoxy) is 1. The number of rotatable bonds is 11. The van der Waals surface area contributed by atoms with Crippen LogP contribution >= 0.6 is 11.8 Å². The maximum absolute atomic E-state index is 13.3. The van der Waals surface area contributed by atoms with E-state index in [9.17, 15) is 14.4 Å². The molecule has 0 aliphatic carbocycles. The molecule has 2 aromatic carbocycles. The van der Waals surface area contributed by atoms with Crippen LogP contribution in [-0.4, -0.2) is 46.2 Å². The zero-order valence-electron chi connectivity index (χ0n) is 20.0. The van der Waals surface area contributed by atoms with Crippen molar-refractivity contribution in [1.29, 1.82) is 0 Å². The molecule has 1 amide bonds. The Hall–Kier alpha value is -2.97. The van der Waals surface area contributed by atoms with E-state index in [0.29, 0.717) is 40.3 Å². The first-order valence-electron chi connectivity index (χ1n) is 12.2. The van der Waals surface area contributed by atoms with E-state index in [1.807, 2.05) is 18.2 Å². The molecule has 1 fully saturated rings. The lowest BCUT2D eigenvalue weighted by Crippen LogP contribution is -2.31. The van der Waals surface area contributed by atoms with Gasteiger partial charge in [-0.05, 0) is 37.5 Å². The number of nitrogens with zero attached hydrogens (tertiary/aromatic N) is 2. The van der Waals surface area contributed by atoms with E-state index in [2.05, 4.69) is 12.2 Å². The van der Waals surface area contributed by atoms with Gasteiger partial charge in [-0.15, -0.1) is 0 Å². The molecule has 0 saturated carbocycles. The molecule has 35 heavy (non-hydrogen) atoms. The Morgan fingerprint density at radius 3 is 2.71 bits per heavy atom. The van der Waals surface area contributed by atoms with E-state index in [0.717, 1.165) is 38.7 Å². The summed E-state index contributed by atoms with van der Waals surface area (Å²) in [5.74, 6) is -0.0609. The van der Waals surface area contributed by atoms with Gasteiger partial charge in [0.1, 0.15) is 0 Å². The van der Waals surface area contributed by atoms with E-state index in [-0.39, 0.29) is 29.1 Å². The van der Waals surface area contributed by atoms with Gasteiger partial charge in [-0.2, -0.15) is 0 Å². The van der Waals surface area contributed by atoms with Crippen LogP contribution in [0, 0.1) is 0 Å². The summed E-state index contributed by atoms with van der Waals surface area (Å²) >= 11 is 1.26. The predicted molar refractivity (Wildman–Crippen MR) is 138 cm³/mol. The first kappa shape index (κ1) is 25.1. The van der Waals surface area contributed by atoms with Crippen LogP contribution < -0.4 is 10.9 Å². The zero-order chi connectivity index (χ0) is 24.6. The van der Waals surface area contributed by atoms with E-state index in [1.165, 1.54) is 11.8 Å². The highest BCUT2D eigenvalue weighted by atomic mass is 32.2. The van der Waals surface area contributed by atoms with Crippen molar-refractivity contribution in [2.75, 3.05) is 18.9 Å². The summed E-state index contributed by atoms with van der Waals surface area (Å²) in [6.45, 7) is 3.85. The van der Waals surface area contributed by atoms with Crippen LogP contribution in [0.5, 0.6) is 0 Å². The Bertz CT molecular complexity index is 1240. The Labute approximate surface area is 209 Å². The molecule has 3 aromatic rings. The second kappa shape index (κ2) is 12.1. The number of unbranched alkanes of at least 4 members (excludes halogenated alkanes) is 2. The molecule has 0 radical (unpaired) electrons. The molecular weight excluding hydrogens is 462 g/mol. The molecule has 1 saturated heterocycles. The zero-order valence-corrected chi connectivity index (χ0v) is 20.8. The second-order valence-electron chi connectivity index (χ2n) is 8.71. The van der Waals surface area contributed by atoms with E-state index in [4.69, 9.17) is 9.72 Å². The lowest BCUT2D eigenvalue weighted by Gasteiger charge is -2.14. The lowest BCUT2D eigenvalue weighted by molar-refractivity contribution is 0.0857. The molecule has 8 heteroatoms. The topological polar surface area (TPSA) is 90.3 Å². The Morgan fingerprint density at radius 2 is 1.97 bits per heavy atom. The maximum Gasteiger partial charge on any atom is 0.262 e. The first-order valence-corrected chi connectivity index (χ1v) is 13.2. The van der Waals surface area contributed by atoms with Crippen molar-refractivity contribution in [3.8, 4) is 0 Å². The van der Waals surface area contributed by atoms with Gasteiger partial charge < -0.3 is 10.1 Å². The van der Waals surface area contributed by atoms with Crippen molar-refractivity contribution in [2.24, 2.45) is 0 Å². The third-order valence-corrected chi connectivity index (χ3v) is 7.09. The molecular formula is C27H31N3O4S. The highest BCUT2D eigenvalue weighted by Gasteiger charge is 2.18. The minimum Gasteiger partial charge on any atom is -0.376 e. The molecule has 1 atom stereocenters. The van der Waals surface area contributed by atoms with Gasteiger partial charge in [0.05, 0.1) is 22.8 Å². The summed E-state index contributed by atoms with van der Waals surface area (Å²) in [6, 6.07) is 14.1. The highest BCUT2D eigenvalue weighted by molar-refractivity contribution is 7.99. The van der Waals surface area contributed by atoms with Crippen molar-refractivity contribution in [3.63, 3.8) is 0 Å². The molecule has 1 aromatic heterocycles. The number of ketones is 1. The Morgan fingerprint density at radius 1 is 1.14 bits per heavy atom. The van der Waals surface area contributed by atoms with Gasteiger partial charge in [0, 0.05) is 30.8 Å². The van der Waals surface area contributed by atoms with Gasteiger partial charge in [-0.3, -0.25) is 19.0 Å². The number of carbonyl (C=O) groups excluding carboxylic acids is 2. The molecule has 1 aliphatic rings. The third kappa shape index (κ3) is 6.38. The van der Waals surface area contributed by atoms with Crippen molar-refractivity contribution in [3.05, 3.63) is 70.0 Å². The average molecular weight is 494 g/mol. The summed E-state index contributed by atoms with van der Waals surface area (Å²) in [5.41, 5.74) is 1.39. The van der Waals surface area contributed by atoms with E-state index < -0.39 is 0 Å². The number of benzene rings is 2. The second-order valence-corrected chi connectivity index (χ2v) is 9.66. The molecule has 7 nitrogen and oxygen atoms in total. The largest absolute Gasteiger partial charge is 0.376 e. The smallest absolute Gasteiger partial charge is 0.262 e. The number of fused-ring (bicyclic) bond motifs is 1. The monoisotopic (exact) mass is 493 g/mol. The number of thioether (sulfide) groups is 1. The van der Waals surface area contributed by atoms with Gasteiger partial charge in [0.2, 0.25) is 0 Å². The number of aromatic nitrogens is 2. The summed E-state index contributed by atoms with van der Waals surface area (Å²) in [7, 11) is 0. The maximum atomic E-state index is 13.3. The fourth-order valence-corrected chi connectivity index (χ4v) is 5.04. The van der Waals surface area contributed by atoms with Crippen molar-refractivity contribution in [1.82, 2.24) is 14.9 Å². The number of Topliss-reactive ketones (excluding diaryl/α,β-unsaturated/α-hetero) is 1. The van der Waals surface area contributed by atoms with Crippen LogP contribution in [0.1, 0.15) is 59.7 Å². The van der Waals surface area contributed by atoms with Gasteiger partial charge in [-0.1, -0.05) is 61.9 Å². The van der Waals surface area contributed by atoms with Crippen molar-refractivity contribution >= 4 is 34.4 Å². The predicted octanol–water partition coefficient (Wildman–Crippen LogP) is 4.47. The average Bonchev–Trinajstić information content (AvgIpc) is 3.41. The van der Waals surface area contributed by atoms with Crippen LogP contribution in [0.2, 0.25) is 0 Å². The highest BCUT2D eigenvalue weighted by Crippen LogP contribution is 2.21. The van der Waals surface area contributed by atoms with E-state index >= 15 is 0 Å². The third-order valence-electron chi connectivity index (χ3n) is 6.11. The minimum absolute atomic E-state index is 0.0210. The molecule has 1 N–H and O–H groups in total. The van der Waals surface area contributed by atoms with Gasteiger partial charge in [-0.25, -0.2) is 4.98 Å². The van der Waals surface area contributed by atoms with Crippen molar-refractivity contribution < 1.29 is 14.3 Å². The standard InChI is InChI=1S/C27H31N3O4S/c1-2-3-7-14-30-26(33)22-13-12-20(25(32)28-17-21-11-8-15-34-21)16-23(22)29-27(30)35-18-24(31)19-9-5-4-6-10-19/h4-6,9-10,12-13,16,21H,2-3,7-8,11,14-15,17-18H2,1H3,(H,28,32)/t21-/m0/s1. The summed E-state index contributed by atoms with van der Waals surface area (Å²) in [5, 5.41) is 3.88. The Balaban J connectivity index is 1.58. The van der Waals surface area contributed by atoms with Crippen LogP contribution in [0.3, 0.4) is 0 Å². The van der Waals surface area contributed by atoms with Crippen LogP contribution in [0.15, 0.2) is 58.5 Å². The van der Waals surface area contributed by atoms with Gasteiger partial charge in [0.15, 0.2) is 10.9 Å². The molecule has 2 heterocycles. The number of amides is 1. The lowest BCUT2D eigenvalue weighted by atomic mass is 10.1. The fraction of sp³-hybridized carbons (Fsp3) is 0.407. The molecule has 0 bridgehead atoms. The fourth-order valence-electron chi connectivity index (χ4n) is 4.12. The quantitative estimate of drug-likeness (QED) is 0.183. The summed E-state index contributed by atoms with van der Waals surface area (Å²) in [6.07, 6.45) is 4.90. The summed E-state index contributed by atoms with van der Waals surface area (Å²) < 4.78 is 7.24. The minimum atomic E-state index is -0.218. The van der Waals surface area contributed by atoms with Crippen LogP contribution in [0.25, 0.3) is 10.9 Å². The number of hydrogen-bond donors (Lipinski definition) is 1.